The lowest BCUT2D eigenvalue weighted by atomic mass is 10.2. The van der Waals surface area contributed by atoms with Crippen LogP contribution in [0.15, 0.2) is 67.1 Å². The Morgan fingerprint density at radius 2 is 1.72 bits per heavy atom. The Morgan fingerprint density at radius 3 is 2.47 bits per heavy atom. The van der Waals surface area contributed by atoms with Crippen molar-refractivity contribution in [3.8, 4) is 5.69 Å². The predicted octanol–water partition coefficient (Wildman–Crippen LogP) is 2.88. The minimum atomic E-state index is 0.0101. The first-order valence-electron chi connectivity index (χ1n) is 10.8. The van der Waals surface area contributed by atoms with E-state index in [0.717, 1.165) is 54.4 Å². The third kappa shape index (κ3) is 4.17. The van der Waals surface area contributed by atoms with E-state index in [1.807, 2.05) is 72.4 Å². The molecule has 0 unspecified atom stereocenters. The molecule has 1 fully saturated rings. The Kier molecular flexibility index (Phi) is 5.51. The SMILES string of the molecule is Cc1ccc(NC(=O)CN2CCN(c3ncnc4c3cnn4-c3ccccc3)CC2)cc1. The number of nitrogens with one attached hydrogen (secondary N) is 1. The van der Waals surface area contributed by atoms with Crippen molar-refractivity contribution >= 4 is 28.4 Å². The van der Waals surface area contributed by atoms with Gasteiger partial charge >= 0.3 is 0 Å². The number of carbonyl (C=O) groups is 1. The highest BCUT2D eigenvalue weighted by molar-refractivity contribution is 5.92. The van der Waals surface area contributed by atoms with Gasteiger partial charge in [0.1, 0.15) is 12.1 Å². The number of amides is 1. The van der Waals surface area contributed by atoms with E-state index in [0.29, 0.717) is 6.54 Å². The van der Waals surface area contributed by atoms with Crippen LogP contribution in [0.2, 0.25) is 0 Å². The van der Waals surface area contributed by atoms with E-state index in [-0.39, 0.29) is 5.91 Å². The van der Waals surface area contributed by atoms with E-state index in [2.05, 4.69) is 30.2 Å². The molecule has 1 aliphatic rings. The van der Waals surface area contributed by atoms with E-state index in [1.165, 1.54) is 5.56 Å². The summed E-state index contributed by atoms with van der Waals surface area (Å²) in [5.41, 5.74) is 3.77. The van der Waals surface area contributed by atoms with E-state index in [9.17, 15) is 4.79 Å². The van der Waals surface area contributed by atoms with Gasteiger partial charge in [0.2, 0.25) is 5.91 Å². The van der Waals surface area contributed by atoms with Crippen molar-refractivity contribution < 1.29 is 4.79 Å². The number of aryl methyl sites for hydroxylation is 1. The topological polar surface area (TPSA) is 79.2 Å². The van der Waals surface area contributed by atoms with Crippen molar-refractivity contribution in [3.63, 3.8) is 0 Å². The first-order valence-corrected chi connectivity index (χ1v) is 10.8. The molecule has 0 spiro atoms. The van der Waals surface area contributed by atoms with Gasteiger partial charge in [-0.15, -0.1) is 0 Å². The van der Waals surface area contributed by atoms with Gasteiger partial charge in [-0.05, 0) is 31.2 Å². The van der Waals surface area contributed by atoms with Crippen molar-refractivity contribution in [2.75, 3.05) is 42.9 Å². The Morgan fingerprint density at radius 1 is 0.969 bits per heavy atom. The third-order valence-electron chi connectivity index (χ3n) is 5.72. The lowest BCUT2D eigenvalue weighted by Crippen LogP contribution is -2.49. The molecule has 1 N–H and O–H groups in total. The highest BCUT2D eigenvalue weighted by atomic mass is 16.2. The molecule has 4 aromatic rings. The first kappa shape index (κ1) is 20.1. The maximum Gasteiger partial charge on any atom is 0.238 e. The molecular formula is C24H25N7O. The van der Waals surface area contributed by atoms with Crippen LogP contribution in [-0.4, -0.2) is 63.3 Å². The van der Waals surface area contributed by atoms with Crippen molar-refractivity contribution in [1.82, 2.24) is 24.6 Å². The zero-order valence-corrected chi connectivity index (χ0v) is 18.0. The Balaban J connectivity index is 1.24. The van der Waals surface area contributed by atoms with E-state index >= 15 is 0 Å². The number of anilines is 2. The van der Waals surface area contributed by atoms with Gasteiger partial charge < -0.3 is 10.2 Å². The number of piperazine rings is 1. The maximum absolute atomic E-state index is 12.4. The number of para-hydroxylation sites is 1. The molecule has 0 atom stereocenters. The second-order valence-electron chi connectivity index (χ2n) is 8.00. The quantitative estimate of drug-likeness (QED) is 0.528. The number of rotatable bonds is 5. The summed E-state index contributed by atoms with van der Waals surface area (Å²) in [7, 11) is 0. The lowest BCUT2D eigenvalue weighted by molar-refractivity contribution is -0.117. The number of hydrogen-bond acceptors (Lipinski definition) is 6. The van der Waals surface area contributed by atoms with Gasteiger partial charge in [0.15, 0.2) is 5.65 Å². The van der Waals surface area contributed by atoms with E-state index in [4.69, 9.17) is 0 Å². The molecule has 0 saturated carbocycles. The molecule has 2 aromatic carbocycles. The van der Waals surface area contributed by atoms with E-state index < -0.39 is 0 Å². The summed E-state index contributed by atoms with van der Waals surface area (Å²) in [6.07, 6.45) is 3.43. The normalized spacial score (nSPS) is 14.6. The molecule has 32 heavy (non-hydrogen) atoms. The minimum Gasteiger partial charge on any atom is -0.353 e. The number of nitrogens with zero attached hydrogens (tertiary/aromatic N) is 6. The minimum absolute atomic E-state index is 0.0101. The maximum atomic E-state index is 12.4. The van der Waals surface area contributed by atoms with Gasteiger partial charge in [-0.2, -0.15) is 5.10 Å². The largest absolute Gasteiger partial charge is 0.353 e. The molecular weight excluding hydrogens is 402 g/mol. The van der Waals surface area contributed by atoms with Crippen LogP contribution in [0.3, 0.4) is 0 Å². The number of aromatic nitrogens is 4. The van der Waals surface area contributed by atoms with Crippen LogP contribution in [0, 0.1) is 6.92 Å². The predicted molar refractivity (Wildman–Crippen MR) is 125 cm³/mol. The molecule has 1 amide bonds. The van der Waals surface area contributed by atoms with Gasteiger partial charge in [-0.1, -0.05) is 35.9 Å². The zero-order chi connectivity index (χ0) is 21.9. The van der Waals surface area contributed by atoms with Gasteiger partial charge in [0.05, 0.1) is 23.8 Å². The van der Waals surface area contributed by atoms with Crippen LogP contribution < -0.4 is 10.2 Å². The average molecular weight is 428 g/mol. The summed E-state index contributed by atoms with van der Waals surface area (Å²) in [5.74, 6) is 0.900. The molecule has 1 aliphatic heterocycles. The second-order valence-corrected chi connectivity index (χ2v) is 8.00. The highest BCUT2D eigenvalue weighted by Crippen LogP contribution is 2.25. The Bertz CT molecular complexity index is 1210. The summed E-state index contributed by atoms with van der Waals surface area (Å²) in [4.78, 5) is 25.9. The van der Waals surface area contributed by atoms with Crippen LogP contribution >= 0.6 is 0 Å². The summed E-state index contributed by atoms with van der Waals surface area (Å²) in [6, 6.07) is 17.8. The molecule has 0 aliphatic carbocycles. The fourth-order valence-corrected chi connectivity index (χ4v) is 4.00. The second kappa shape index (κ2) is 8.76. The van der Waals surface area contributed by atoms with Gasteiger partial charge in [-0.3, -0.25) is 9.69 Å². The van der Waals surface area contributed by atoms with Crippen LogP contribution in [0.25, 0.3) is 16.7 Å². The third-order valence-corrected chi connectivity index (χ3v) is 5.72. The van der Waals surface area contributed by atoms with Gasteiger partial charge in [0.25, 0.3) is 0 Å². The molecule has 2 aromatic heterocycles. The zero-order valence-electron chi connectivity index (χ0n) is 18.0. The number of benzene rings is 2. The molecule has 3 heterocycles. The van der Waals surface area contributed by atoms with Crippen molar-refractivity contribution in [2.45, 2.75) is 6.92 Å². The monoisotopic (exact) mass is 427 g/mol. The van der Waals surface area contributed by atoms with Crippen LogP contribution in [0.5, 0.6) is 0 Å². The Hall–Kier alpha value is -3.78. The molecule has 0 bridgehead atoms. The smallest absolute Gasteiger partial charge is 0.238 e. The average Bonchev–Trinajstić information content (AvgIpc) is 3.26. The Labute approximate surface area is 186 Å². The summed E-state index contributed by atoms with van der Waals surface area (Å²) < 4.78 is 1.84. The summed E-state index contributed by atoms with van der Waals surface area (Å²) in [6.45, 7) is 5.58. The highest BCUT2D eigenvalue weighted by Gasteiger charge is 2.22. The molecule has 8 nitrogen and oxygen atoms in total. The van der Waals surface area contributed by atoms with Crippen LogP contribution in [-0.2, 0) is 4.79 Å². The molecule has 162 valence electrons. The molecule has 1 saturated heterocycles. The fraction of sp³-hybridized carbons (Fsp3) is 0.250. The van der Waals surface area contributed by atoms with Gasteiger partial charge in [0, 0.05) is 31.9 Å². The van der Waals surface area contributed by atoms with Crippen LogP contribution in [0.4, 0.5) is 11.5 Å². The fourth-order valence-electron chi connectivity index (χ4n) is 4.00. The summed E-state index contributed by atoms with van der Waals surface area (Å²) in [5, 5.41) is 8.45. The lowest BCUT2D eigenvalue weighted by Gasteiger charge is -2.35. The van der Waals surface area contributed by atoms with E-state index in [1.54, 1.807) is 6.33 Å². The van der Waals surface area contributed by atoms with Crippen molar-refractivity contribution in [3.05, 3.63) is 72.7 Å². The van der Waals surface area contributed by atoms with Crippen LogP contribution in [0.1, 0.15) is 5.56 Å². The van der Waals surface area contributed by atoms with Crippen molar-refractivity contribution in [1.29, 1.82) is 0 Å². The summed E-state index contributed by atoms with van der Waals surface area (Å²) >= 11 is 0. The molecule has 8 heteroatoms. The molecule has 5 rings (SSSR count). The van der Waals surface area contributed by atoms with Gasteiger partial charge in [-0.25, -0.2) is 14.6 Å². The number of hydrogen-bond donors (Lipinski definition) is 1. The molecule has 0 radical (unpaired) electrons. The first-order chi connectivity index (χ1) is 15.7. The standard InChI is InChI=1S/C24H25N7O/c1-18-7-9-19(10-8-18)28-22(32)16-29-11-13-30(14-12-29)23-21-15-27-31(24(21)26-17-25-23)20-5-3-2-4-6-20/h2-10,15,17H,11-14,16H2,1H3,(H,28,32). The van der Waals surface area contributed by atoms with Crippen molar-refractivity contribution in [2.24, 2.45) is 0 Å². The number of carbonyl (C=O) groups excluding carboxylic acids is 1. The number of fused-ring (bicyclic) bond motifs is 1.